The predicted octanol–water partition coefficient (Wildman–Crippen LogP) is 10.8. The van der Waals surface area contributed by atoms with Gasteiger partial charge in [-0.05, 0) is 98.2 Å². The Kier molecular flexibility index (Phi) is 15.0. The summed E-state index contributed by atoms with van der Waals surface area (Å²) in [7, 11) is 0. The molecule has 0 radical (unpaired) electrons. The zero-order valence-corrected chi connectivity index (χ0v) is 25.5. The van der Waals surface area contributed by atoms with Gasteiger partial charge in [0.1, 0.15) is 11.5 Å². The van der Waals surface area contributed by atoms with Crippen molar-refractivity contribution in [2.45, 2.75) is 117 Å². The van der Waals surface area contributed by atoms with E-state index < -0.39 is 0 Å². The van der Waals surface area contributed by atoms with E-state index in [9.17, 15) is 4.79 Å². The minimum atomic E-state index is -0.331. The SMILES string of the molecule is CC/C=C\CCCC1CCC(CCc2ccc(OC(=O)c3ccc(OCCCCC[C@@H](C)CC)cc3)cc2)CC1. The van der Waals surface area contributed by atoms with E-state index in [4.69, 9.17) is 9.47 Å². The van der Waals surface area contributed by atoms with Crippen LogP contribution in [0.3, 0.4) is 0 Å². The molecule has 0 amide bonds. The standard InChI is InChI=1S/C37H54O3/c1-4-6-7-8-11-14-31-15-17-32(18-16-31)19-20-33-21-25-36(26-22-33)40-37(38)34-23-27-35(28-24-34)39-29-12-9-10-13-30(3)5-2/h6-7,21-28,30-32H,4-5,8-20,29H2,1-3H3/b7-6-/t30-,31?,32?/m0/s1. The van der Waals surface area contributed by atoms with Crippen LogP contribution >= 0.6 is 0 Å². The molecular weight excluding hydrogens is 492 g/mol. The first-order valence-electron chi connectivity index (χ1n) is 16.3. The fourth-order valence-corrected chi connectivity index (χ4v) is 5.73. The Labute approximate surface area is 244 Å². The zero-order valence-electron chi connectivity index (χ0n) is 25.5. The van der Waals surface area contributed by atoms with Gasteiger partial charge in [-0.1, -0.05) is 103 Å². The summed E-state index contributed by atoms with van der Waals surface area (Å²) >= 11 is 0. The molecule has 3 heteroatoms. The van der Waals surface area contributed by atoms with Gasteiger partial charge in [-0.3, -0.25) is 0 Å². The second-order valence-electron chi connectivity index (χ2n) is 12.0. The zero-order chi connectivity index (χ0) is 28.4. The van der Waals surface area contributed by atoms with Crippen molar-refractivity contribution in [3.05, 3.63) is 71.8 Å². The van der Waals surface area contributed by atoms with E-state index in [1.54, 1.807) is 12.1 Å². The Morgan fingerprint density at radius 3 is 2.17 bits per heavy atom. The number of carbonyl (C=O) groups is 1. The average Bonchev–Trinajstić information content (AvgIpc) is 2.99. The van der Waals surface area contributed by atoms with E-state index >= 15 is 0 Å². The molecule has 0 bridgehead atoms. The molecule has 0 aromatic heterocycles. The minimum absolute atomic E-state index is 0.331. The van der Waals surface area contributed by atoms with Gasteiger partial charge in [-0.15, -0.1) is 0 Å². The lowest BCUT2D eigenvalue weighted by Crippen LogP contribution is -2.15. The molecule has 0 N–H and O–H groups in total. The number of allylic oxidation sites excluding steroid dienone is 2. The lowest BCUT2D eigenvalue weighted by molar-refractivity contribution is 0.0734. The molecule has 220 valence electrons. The molecule has 1 aliphatic carbocycles. The number of aryl methyl sites for hydroxylation is 1. The lowest BCUT2D eigenvalue weighted by Gasteiger charge is -2.28. The molecule has 2 aromatic rings. The van der Waals surface area contributed by atoms with Gasteiger partial charge >= 0.3 is 5.97 Å². The van der Waals surface area contributed by atoms with Crippen molar-refractivity contribution >= 4 is 5.97 Å². The average molecular weight is 547 g/mol. The molecule has 0 spiro atoms. The van der Waals surface area contributed by atoms with Gasteiger partial charge in [0, 0.05) is 0 Å². The van der Waals surface area contributed by atoms with Gasteiger partial charge in [0.2, 0.25) is 0 Å². The lowest BCUT2D eigenvalue weighted by atomic mass is 9.78. The maximum Gasteiger partial charge on any atom is 0.343 e. The fourth-order valence-electron chi connectivity index (χ4n) is 5.73. The van der Waals surface area contributed by atoms with Gasteiger partial charge in [0.05, 0.1) is 12.2 Å². The molecule has 0 saturated heterocycles. The number of hydrogen-bond acceptors (Lipinski definition) is 3. The Morgan fingerprint density at radius 1 is 0.825 bits per heavy atom. The first-order valence-corrected chi connectivity index (χ1v) is 16.3. The number of unbranched alkanes of at least 4 members (excludes halogenated alkanes) is 3. The van der Waals surface area contributed by atoms with Crippen LogP contribution in [0.15, 0.2) is 60.7 Å². The predicted molar refractivity (Wildman–Crippen MR) is 168 cm³/mol. The number of hydrogen-bond donors (Lipinski definition) is 0. The molecule has 40 heavy (non-hydrogen) atoms. The Bertz CT molecular complexity index is 967. The topological polar surface area (TPSA) is 35.5 Å². The molecule has 2 aromatic carbocycles. The molecule has 0 heterocycles. The van der Waals surface area contributed by atoms with Crippen LogP contribution in [0, 0.1) is 17.8 Å². The molecule has 3 nitrogen and oxygen atoms in total. The molecule has 1 fully saturated rings. The smallest absolute Gasteiger partial charge is 0.343 e. The van der Waals surface area contributed by atoms with E-state index in [-0.39, 0.29) is 5.97 Å². The second kappa shape index (κ2) is 18.7. The normalized spacial score (nSPS) is 18.1. The summed E-state index contributed by atoms with van der Waals surface area (Å²) in [5.74, 6) is 3.69. The van der Waals surface area contributed by atoms with Crippen molar-refractivity contribution in [2.75, 3.05) is 6.61 Å². The quantitative estimate of drug-likeness (QED) is 0.0807. The molecule has 3 rings (SSSR count). The highest BCUT2D eigenvalue weighted by molar-refractivity contribution is 5.91. The van der Waals surface area contributed by atoms with E-state index in [0.29, 0.717) is 11.3 Å². The highest BCUT2D eigenvalue weighted by Crippen LogP contribution is 2.34. The van der Waals surface area contributed by atoms with Crippen LogP contribution in [-0.2, 0) is 6.42 Å². The van der Waals surface area contributed by atoms with Gasteiger partial charge in [0.15, 0.2) is 0 Å². The third kappa shape index (κ3) is 12.3. The summed E-state index contributed by atoms with van der Waals surface area (Å²) in [4.78, 5) is 12.6. The molecule has 1 saturated carbocycles. The van der Waals surface area contributed by atoms with Gasteiger partial charge in [-0.25, -0.2) is 4.79 Å². The highest BCUT2D eigenvalue weighted by atomic mass is 16.5. The van der Waals surface area contributed by atoms with Crippen molar-refractivity contribution in [1.29, 1.82) is 0 Å². The van der Waals surface area contributed by atoms with Crippen LogP contribution in [0.5, 0.6) is 11.5 Å². The molecule has 0 aliphatic heterocycles. The third-order valence-corrected chi connectivity index (χ3v) is 8.72. The third-order valence-electron chi connectivity index (χ3n) is 8.72. The van der Waals surface area contributed by atoms with E-state index in [2.05, 4.69) is 45.1 Å². The van der Waals surface area contributed by atoms with Crippen LogP contribution in [0.4, 0.5) is 0 Å². The van der Waals surface area contributed by atoms with Gasteiger partial charge < -0.3 is 9.47 Å². The van der Waals surface area contributed by atoms with E-state index in [1.165, 1.54) is 82.6 Å². The number of esters is 1. The van der Waals surface area contributed by atoms with E-state index in [1.807, 2.05) is 24.3 Å². The summed E-state index contributed by atoms with van der Waals surface area (Å²) < 4.78 is 11.5. The summed E-state index contributed by atoms with van der Waals surface area (Å²) in [5, 5.41) is 0. The molecule has 0 unspecified atom stereocenters. The number of carbonyl (C=O) groups excluding carboxylic acids is 1. The first kappa shape index (κ1) is 32.0. The highest BCUT2D eigenvalue weighted by Gasteiger charge is 2.20. The van der Waals surface area contributed by atoms with Crippen LogP contribution in [0.25, 0.3) is 0 Å². The second-order valence-corrected chi connectivity index (χ2v) is 12.0. The molecule has 1 atom stereocenters. The number of rotatable bonds is 18. The molecule has 1 aliphatic rings. The van der Waals surface area contributed by atoms with Crippen molar-refractivity contribution in [3.63, 3.8) is 0 Å². The van der Waals surface area contributed by atoms with Gasteiger partial charge in [-0.2, -0.15) is 0 Å². The van der Waals surface area contributed by atoms with E-state index in [0.717, 1.165) is 49.4 Å². The number of ether oxygens (including phenoxy) is 2. The van der Waals surface area contributed by atoms with Crippen LogP contribution < -0.4 is 9.47 Å². The summed E-state index contributed by atoms with van der Waals surface area (Å²) in [5.41, 5.74) is 1.86. The van der Waals surface area contributed by atoms with Crippen molar-refractivity contribution in [2.24, 2.45) is 17.8 Å². The maximum absolute atomic E-state index is 12.6. The van der Waals surface area contributed by atoms with Crippen LogP contribution in [0.1, 0.15) is 127 Å². The largest absolute Gasteiger partial charge is 0.494 e. The summed E-state index contributed by atoms with van der Waals surface area (Å²) in [6.07, 6.45) is 23.8. The Morgan fingerprint density at radius 2 is 1.50 bits per heavy atom. The summed E-state index contributed by atoms with van der Waals surface area (Å²) in [6.45, 7) is 7.50. The monoisotopic (exact) mass is 546 g/mol. The Balaban J connectivity index is 1.30. The van der Waals surface area contributed by atoms with Gasteiger partial charge in [0.25, 0.3) is 0 Å². The fraction of sp³-hybridized carbons (Fsp3) is 0.595. The van der Waals surface area contributed by atoms with Crippen molar-refractivity contribution < 1.29 is 14.3 Å². The minimum Gasteiger partial charge on any atom is -0.494 e. The first-order chi connectivity index (χ1) is 19.6. The summed E-state index contributed by atoms with van der Waals surface area (Å²) in [6, 6.07) is 15.4. The number of benzene rings is 2. The molecular formula is C37H54O3. The van der Waals surface area contributed by atoms with Crippen LogP contribution in [0.2, 0.25) is 0 Å². The maximum atomic E-state index is 12.6. The Hall–Kier alpha value is -2.55. The van der Waals surface area contributed by atoms with Crippen LogP contribution in [-0.4, -0.2) is 12.6 Å². The van der Waals surface area contributed by atoms with Crippen molar-refractivity contribution in [3.8, 4) is 11.5 Å². The van der Waals surface area contributed by atoms with Crippen molar-refractivity contribution in [1.82, 2.24) is 0 Å².